The third-order valence-electron chi connectivity index (χ3n) is 2.87. The van der Waals surface area contributed by atoms with E-state index in [1.54, 1.807) is 12.1 Å². The molecule has 0 radical (unpaired) electrons. The Morgan fingerprint density at radius 1 is 1.00 bits per heavy atom. The van der Waals surface area contributed by atoms with Crippen molar-refractivity contribution in [2.24, 2.45) is 5.73 Å². The molecule has 0 saturated carbocycles. The van der Waals surface area contributed by atoms with Crippen LogP contribution in [0.1, 0.15) is 22.7 Å². The number of nitrogens with two attached hydrogens (primary N) is 1. The van der Waals surface area contributed by atoms with Gasteiger partial charge in [-0.15, -0.1) is 0 Å². The van der Waals surface area contributed by atoms with Gasteiger partial charge in [0.05, 0.1) is 6.04 Å². The van der Waals surface area contributed by atoms with Crippen LogP contribution < -0.4 is 5.73 Å². The molecule has 2 rings (SSSR count). The van der Waals surface area contributed by atoms with Crippen molar-refractivity contribution in [1.29, 1.82) is 0 Å². The minimum absolute atomic E-state index is 0.329. The van der Waals surface area contributed by atoms with Gasteiger partial charge in [0.2, 0.25) is 0 Å². The molecule has 0 aromatic heterocycles. The third kappa shape index (κ3) is 2.60. The van der Waals surface area contributed by atoms with E-state index >= 15 is 0 Å². The zero-order valence-corrected chi connectivity index (χ0v) is 11.3. The highest BCUT2D eigenvalue weighted by Crippen LogP contribution is 2.29. The number of halogens is 3. The largest absolute Gasteiger partial charge is 0.320 e. The molecule has 0 bridgehead atoms. The lowest BCUT2D eigenvalue weighted by molar-refractivity contribution is 0.620. The number of benzene rings is 2. The van der Waals surface area contributed by atoms with E-state index < -0.39 is 6.04 Å². The molecular formula is C14H12BrF2N. The molecule has 0 saturated heterocycles. The first-order valence-electron chi connectivity index (χ1n) is 5.45. The highest BCUT2D eigenvalue weighted by molar-refractivity contribution is 9.10. The average Bonchev–Trinajstić information content (AvgIpc) is 2.31. The van der Waals surface area contributed by atoms with Gasteiger partial charge in [-0.05, 0) is 47.9 Å². The Morgan fingerprint density at radius 2 is 1.61 bits per heavy atom. The number of aryl methyl sites for hydroxylation is 1. The van der Waals surface area contributed by atoms with E-state index in [9.17, 15) is 8.78 Å². The number of hydrogen-bond donors (Lipinski definition) is 1. The monoisotopic (exact) mass is 311 g/mol. The highest BCUT2D eigenvalue weighted by atomic mass is 79.9. The van der Waals surface area contributed by atoms with Crippen LogP contribution in [-0.2, 0) is 0 Å². The lowest BCUT2D eigenvalue weighted by Crippen LogP contribution is -2.14. The summed E-state index contributed by atoms with van der Waals surface area (Å²) < 4.78 is 26.9. The average molecular weight is 312 g/mol. The van der Waals surface area contributed by atoms with Crippen LogP contribution in [0.25, 0.3) is 0 Å². The van der Waals surface area contributed by atoms with Gasteiger partial charge in [0, 0.05) is 4.47 Å². The summed E-state index contributed by atoms with van der Waals surface area (Å²) in [5.41, 5.74) is 8.44. The topological polar surface area (TPSA) is 26.0 Å². The maximum atomic E-state index is 13.3. The Bertz CT molecular complexity index is 584. The molecule has 2 aromatic rings. The first-order chi connectivity index (χ1) is 8.49. The summed E-state index contributed by atoms with van der Waals surface area (Å²) >= 11 is 3.27. The van der Waals surface area contributed by atoms with Crippen LogP contribution in [0.2, 0.25) is 0 Å². The number of hydrogen-bond acceptors (Lipinski definition) is 1. The lowest BCUT2D eigenvalue weighted by atomic mass is 9.96. The summed E-state index contributed by atoms with van der Waals surface area (Å²) in [6.45, 7) is 1.87. The van der Waals surface area contributed by atoms with Gasteiger partial charge in [0.1, 0.15) is 11.6 Å². The molecule has 0 aliphatic heterocycles. The van der Waals surface area contributed by atoms with E-state index in [1.807, 2.05) is 6.92 Å². The molecule has 0 heterocycles. The second kappa shape index (κ2) is 5.16. The van der Waals surface area contributed by atoms with Crippen molar-refractivity contribution in [3.05, 3.63) is 69.2 Å². The summed E-state index contributed by atoms with van der Waals surface area (Å²) in [7, 11) is 0. The predicted octanol–water partition coefficient (Wildman–Crippen LogP) is 4.08. The van der Waals surface area contributed by atoms with E-state index in [2.05, 4.69) is 15.9 Å². The van der Waals surface area contributed by atoms with Crippen LogP contribution >= 0.6 is 15.9 Å². The van der Waals surface area contributed by atoms with Gasteiger partial charge >= 0.3 is 0 Å². The minimum atomic E-state index is -0.490. The number of rotatable bonds is 2. The summed E-state index contributed by atoms with van der Waals surface area (Å²) in [6, 6.07) is 8.30. The molecule has 0 spiro atoms. The van der Waals surface area contributed by atoms with Gasteiger partial charge in [-0.2, -0.15) is 0 Å². The molecule has 0 fully saturated rings. The standard InChI is InChI=1S/C14H12BrF2N/c1-8-2-3-9(16)6-12(8)14(18)11-5-4-10(17)7-13(11)15/h2-7,14H,18H2,1H3. The van der Waals surface area contributed by atoms with E-state index in [4.69, 9.17) is 5.73 Å². The molecule has 2 N–H and O–H groups in total. The van der Waals surface area contributed by atoms with Crippen molar-refractivity contribution in [3.63, 3.8) is 0 Å². The Kier molecular flexibility index (Phi) is 3.78. The van der Waals surface area contributed by atoms with Crippen molar-refractivity contribution >= 4 is 15.9 Å². The molecule has 94 valence electrons. The summed E-state index contributed by atoms with van der Waals surface area (Å²) in [5.74, 6) is -0.668. The van der Waals surface area contributed by atoms with Crippen LogP contribution in [0.3, 0.4) is 0 Å². The molecule has 1 nitrogen and oxygen atoms in total. The fourth-order valence-electron chi connectivity index (χ4n) is 1.87. The van der Waals surface area contributed by atoms with Crippen LogP contribution in [0.4, 0.5) is 8.78 Å². The van der Waals surface area contributed by atoms with E-state index in [1.165, 1.54) is 24.3 Å². The van der Waals surface area contributed by atoms with Crippen LogP contribution in [0, 0.1) is 18.6 Å². The van der Waals surface area contributed by atoms with Gasteiger partial charge in [0.25, 0.3) is 0 Å². The van der Waals surface area contributed by atoms with E-state index in [0.717, 1.165) is 11.1 Å². The Labute approximate surface area is 113 Å². The van der Waals surface area contributed by atoms with Crippen LogP contribution in [-0.4, -0.2) is 0 Å². The lowest BCUT2D eigenvalue weighted by Gasteiger charge is -2.17. The van der Waals surface area contributed by atoms with E-state index in [0.29, 0.717) is 10.0 Å². The normalized spacial score (nSPS) is 12.5. The molecule has 1 unspecified atom stereocenters. The molecule has 1 atom stereocenters. The molecule has 0 aliphatic rings. The molecular weight excluding hydrogens is 300 g/mol. The third-order valence-corrected chi connectivity index (χ3v) is 3.56. The van der Waals surface area contributed by atoms with Gasteiger partial charge < -0.3 is 5.73 Å². The van der Waals surface area contributed by atoms with Crippen molar-refractivity contribution in [1.82, 2.24) is 0 Å². The van der Waals surface area contributed by atoms with Crippen molar-refractivity contribution in [2.75, 3.05) is 0 Å². The zero-order valence-electron chi connectivity index (χ0n) is 9.75. The van der Waals surface area contributed by atoms with Gasteiger partial charge in [0.15, 0.2) is 0 Å². The minimum Gasteiger partial charge on any atom is -0.320 e. The Morgan fingerprint density at radius 3 is 2.28 bits per heavy atom. The van der Waals surface area contributed by atoms with Gasteiger partial charge in [-0.25, -0.2) is 8.78 Å². The van der Waals surface area contributed by atoms with Crippen molar-refractivity contribution in [3.8, 4) is 0 Å². The Hall–Kier alpha value is -1.26. The second-order valence-corrected chi connectivity index (χ2v) is 5.00. The van der Waals surface area contributed by atoms with E-state index in [-0.39, 0.29) is 11.6 Å². The quantitative estimate of drug-likeness (QED) is 0.888. The highest BCUT2D eigenvalue weighted by Gasteiger charge is 2.15. The summed E-state index contributed by atoms with van der Waals surface area (Å²) in [5, 5.41) is 0. The summed E-state index contributed by atoms with van der Waals surface area (Å²) in [4.78, 5) is 0. The van der Waals surface area contributed by atoms with Crippen LogP contribution in [0.5, 0.6) is 0 Å². The maximum Gasteiger partial charge on any atom is 0.124 e. The fourth-order valence-corrected chi connectivity index (χ4v) is 2.47. The molecule has 0 aliphatic carbocycles. The summed E-state index contributed by atoms with van der Waals surface area (Å²) in [6.07, 6.45) is 0. The maximum absolute atomic E-state index is 13.3. The smallest absolute Gasteiger partial charge is 0.124 e. The first-order valence-corrected chi connectivity index (χ1v) is 6.25. The molecule has 2 aromatic carbocycles. The Balaban J connectivity index is 2.47. The van der Waals surface area contributed by atoms with Gasteiger partial charge in [-0.3, -0.25) is 0 Å². The first kappa shape index (κ1) is 13.2. The van der Waals surface area contributed by atoms with Crippen molar-refractivity contribution in [2.45, 2.75) is 13.0 Å². The molecule has 4 heteroatoms. The molecule has 0 amide bonds. The van der Waals surface area contributed by atoms with Crippen molar-refractivity contribution < 1.29 is 8.78 Å². The fraction of sp³-hybridized carbons (Fsp3) is 0.143. The zero-order chi connectivity index (χ0) is 13.3. The SMILES string of the molecule is Cc1ccc(F)cc1C(N)c1ccc(F)cc1Br. The predicted molar refractivity (Wildman–Crippen MR) is 71.3 cm³/mol. The van der Waals surface area contributed by atoms with Crippen LogP contribution in [0.15, 0.2) is 40.9 Å². The molecule has 18 heavy (non-hydrogen) atoms. The second-order valence-electron chi connectivity index (χ2n) is 4.14. The van der Waals surface area contributed by atoms with Gasteiger partial charge in [-0.1, -0.05) is 28.1 Å².